The molecule has 1 rings (SSSR count). The molecule has 5 heteroatoms. The van der Waals surface area contributed by atoms with Gasteiger partial charge in [-0.2, -0.15) is 5.26 Å². The minimum absolute atomic E-state index is 0.213. The monoisotopic (exact) mass is 246 g/mol. The molecule has 1 aromatic rings. The number of rotatable bonds is 1. The molecule has 0 unspecified atom stereocenters. The van der Waals surface area contributed by atoms with Crippen molar-refractivity contribution in [2.45, 2.75) is 13.3 Å². The summed E-state index contributed by atoms with van der Waals surface area (Å²) in [6.07, 6.45) is -1.42. The van der Waals surface area contributed by atoms with Gasteiger partial charge in [0, 0.05) is 6.20 Å². The molecule has 0 amide bonds. The fraction of sp³-hybridized carbons (Fsp3) is 0.250. The number of halogens is 3. The van der Waals surface area contributed by atoms with Crippen molar-refractivity contribution in [3.05, 3.63) is 27.5 Å². The molecule has 1 heterocycles. The van der Waals surface area contributed by atoms with E-state index in [2.05, 4.69) is 20.9 Å². The molecule has 0 aliphatic carbocycles. The summed E-state index contributed by atoms with van der Waals surface area (Å²) in [5.41, 5.74) is 0.108. The maximum Gasteiger partial charge on any atom is 0.280 e. The van der Waals surface area contributed by atoms with Gasteiger partial charge >= 0.3 is 0 Å². The van der Waals surface area contributed by atoms with Crippen molar-refractivity contribution in [3.63, 3.8) is 0 Å². The van der Waals surface area contributed by atoms with Crippen molar-refractivity contribution in [3.8, 4) is 6.07 Å². The molecule has 0 aliphatic heterocycles. The van der Waals surface area contributed by atoms with Crippen molar-refractivity contribution in [1.29, 1.82) is 5.26 Å². The Bertz CT molecular complexity index is 371. The van der Waals surface area contributed by atoms with Gasteiger partial charge in [-0.3, -0.25) is 4.98 Å². The Morgan fingerprint density at radius 2 is 2.23 bits per heavy atom. The SMILES string of the molecule is Cc1c(C(F)F)ncc(Br)c1C#N. The highest BCUT2D eigenvalue weighted by Crippen LogP contribution is 2.26. The average molecular weight is 247 g/mol. The topological polar surface area (TPSA) is 36.7 Å². The number of hydrogen-bond acceptors (Lipinski definition) is 2. The van der Waals surface area contributed by atoms with Gasteiger partial charge in [-0.05, 0) is 28.4 Å². The first-order chi connectivity index (χ1) is 6.07. The minimum Gasteiger partial charge on any atom is -0.254 e. The molecule has 0 radical (unpaired) electrons. The number of hydrogen-bond donors (Lipinski definition) is 0. The van der Waals surface area contributed by atoms with Crippen LogP contribution in [0, 0.1) is 18.3 Å². The van der Waals surface area contributed by atoms with Crippen LogP contribution in [0.1, 0.15) is 23.2 Å². The van der Waals surface area contributed by atoms with Gasteiger partial charge in [0.1, 0.15) is 11.8 Å². The van der Waals surface area contributed by atoms with Crippen LogP contribution in [0.5, 0.6) is 0 Å². The van der Waals surface area contributed by atoms with E-state index in [4.69, 9.17) is 5.26 Å². The Balaban J connectivity index is 3.38. The van der Waals surface area contributed by atoms with Crippen molar-refractivity contribution < 1.29 is 8.78 Å². The molecule has 0 saturated carbocycles. The second-order valence-electron chi connectivity index (χ2n) is 2.40. The lowest BCUT2D eigenvalue weighted by atomic mass is 10.1. The van der Waals surface area contributed by atoms with E-state index in [-0.39, 0.29) is 16.8 Å². The average Bonchev–Trinajstić information content (AvgIpc) is 2.04. The minimum atomic E-state index is -2.64. The third kappa shape index (κ3) is 1.83. The summed E-state index contributed by atoms with van der Waals surface area (Å²) in [6, 6.07) is 1.84. The molecule has 0 aromatic carbocycles. The fourth-order valence-electron chi connectivity index (χ4n) is 0.952. The van der Waals surface area contributed by atoms with Crippen LogP contribution in [0.15, 0.2) is 10.7 Å². The molecule has 0 aliphatic rings. The maximum absolute atomic E-state index is 12.3. The van der Waals surface area contributed by atoms with Gasteiger partial charge in [-0.15, -0.1) is 0 Å². The van der Waals surface area contributed by atoms with Crippen molar-refractivity contribution in [1.82, 2.24) is 4.98 Å². The Morgan fingerprint density at radius 1 is 1.62 bits per heavy atom. The Morgan fingerprint density at radius 3 is 2.69 bits per heavy atom. The third-order valence-corrected chi connectivity index (χ3v) is 2.23. The molecular weight excluding hydrogens is 242 g/mol. The summed E-state index contributed by atoms with van der Waals surface area (Å²) in [5, 5.41) is 8.65. The number of aromatic nitrogens is 1. The van der Waals surface area contributed by atoms with Crippen molar-refractivity contribution in [2.24, 2.45) is 0 Å². The van der Waals surface area contributed by atoms with E-state index in [0.29, 0.717) is 4.47 Å². The van der Waals surface area contributed by atoms with Gasteiger partial charge in [-0.1, -0.05) is 0 Å². The van der Waals surface area contributed by atoms with E-state index in [1.807, 2.05) is 6.07 Å². The van der Waals surface area contributed by atoms with E-state index >= 15 is 0 Å². The molecule has 68 valence electrons. The Hall–Kier alpha value is -1.02. The van der Waals surface area contributed by atoms with Crippen LogP contribution in [0.4, 0.5) is 8.78 Å². The van der Waals surface area contributed by atoms with Crippen LogP contribution in [0.3, 0.4) is 0 Å². The largest absolute Gasteiger partial charge is 0.280 e. The first-order valence-corrected chi connectivity index (χ1v) is 4.20. The molecular formula is C8H5BrF2N2. The van der Waals surface area contributed by atoms with E-state index in [1.54, 1.807) is 0 Å². The predicted octanol–water partition coefficient (Wildman–Crippen LogP) is 2.96. The summed E-state index contributed by atoms with van der Waals surface area (Å²) in [4.78, 5) is 3.54. The van der Waals surface area contributed by atoms with Crippen LogP contribution in [-0.4, -0.2) is 4.98 Å². The lowest BCUT2D eigenvalue weighted by Gasteiger charge is -2.05. The Kier molecular flexibility index (Phi) is 2.94. The van der Waals surface area contributed by atoms with E-state index in [9.17, 15) is 8.78 Å². The molecule has 0 atom stereocenters. The zero-order valence-electron chi connectivity index (χ0n) is 6.68. The fourth-order valence-corrected chi connectivity index (χ4v) is 1.44. The Labute approximate surface area is 82.3 Å². The van der Waals surface area contributed by atoms with E-state index in [0.717, 1.165) is 0 Å². The van der Waals surface area contributed by atoms with Crippen LogP contribution < -0.4 is 0 Å². The molecule has 0 bridgehead atoms. The second kappa shape index (κ2) is 3.79. The summed E-state index contributed by atoms with van der Waals surface area (Å²) >= 11 is 3.06. The quantitative estimate of drug-likeness (QED) is 0.764. The highest BCUT2D eigenvalue weighted by Gasteiger charge is 2.16. The smallest absolute Gasteiger partial charge is 0.254 e. The maximum atomic E-state index is 12.3. The van der Waals surface area contributed by atoms with Crippen LogP contribution in [0.25, 0.3) is 0 Å². The van der Waals surface area contributed by atoms with Gasteiger partial charge in [0.2, 0.25) is 0 Å². The van der Waals surface area contributed by atoms with Gasteiger partial charge < -0.3 is 0 Å². The molecule has 0 spiro atoms. The van der Waals surface area contributed by atoms with Crippen molar-refractivity contribution >= 4 is 15.9 Å². The zero-order chi connectivity index (χ0) is 10.0. The highest BCUT2D eigenvalue weighted by atomic mass is 79.9. The molecule has 2 nitrogen and oxygen atoms in total. The van der Waals surface area contributed by atoms with Crippen molar-refractivity contribution in [2.75, 3.05) is 0 Å². The van der Waals surface area contributed by atoms with Gasteiger partial charge in [0.25, 0.3) is 6.43 Å². The number of nitriles is 1. The first-order valence-electron chi connectivity index (χ1n) is 3.41. The standard InChI is InChI=1S/C8H5BrF2N2/c1-4-5(2-12)6(9)3-13-7(4)8(10)11/h3,8H,1H3. The summed E-state index contributed by atoms with van der Waals surface area (Å²) in [7, 11) is 0. The first kappa shape index (κ1) is 10.1. The summed E-state index contributed by atoms with van der Waals surface area (Å²) in [5.74, 6) is 0. The van der Waals surface area contributed by atoms with E-state index in [1.165, 1.54) is 13.1 Å². The number of nitrogens with zero attached hydrogens (tertiary/aromatic N) is 2. The number of pyridine rings is 1. The molecule has 0 N–H and O–H groups in total. The lowest BCUT2D eigenvalue weighted by molar-refractivity contribution is 0.145. The summed E-state index contributed by atoms with van der Waals surface area (Å²) in [6.45, 7) is 1.46. The van der Waals surface area contributed by atoms with Crippen LogP contribution in [-0.2, 0) is 0 Å². The molecule has 13 heavy (non-hydrogen) atoms. The summed E-state index contributed by atoms with van der Waals surface area (Å²) < 4.78 is 25.0. The molecule has 0 saturated heterocycles. The highest BCUT2D eigenvalue weighted by molar-refractivity contribution is 9.10. The normalized spacial score (nSPS) is 10.2. The predicted molar refractivity (Wildman–Crippen MR) is 46.3 cm³/mol. The molecule has 0 fully saturated rings. The third-order valence-electron chi connectivity index (χ3n) is 1.63. The second-order valence-corrected chi connectivity index (χ2v) is 3.26. The van der Waals surface area contributed by atoms with Gasteiger partial charge in [0.05, 0.1) is 10.0 Å². The zero-order valence-corrected chi connectivity index (χ0v) is 8.27. The van der Waals surface area contributed by atoms with Gasteiger partial charge in [-0.25, -0.2) is 8.78 Å². The van der Waals surface area contributed by atoms with Crippen LogP contribution in [0.2, 0.25) is 0 Å². The molecule has 1 aromatic heterocycles. The number of alkyl halides is 2. The van der Waals surface area contributed by atoms with Crippen LogP contribution >= 0.6 is 15.9 Å². The van der Waals surface area contributed by atoms with Gasteiger partial charge in [0.15, 0.2) is 0 Å². The van der Waals surface area contributed by atoms with E-state index < -0.39 is 6.43 Å². The lowest BCUT2D eigenvalue weighted by Crippen LogP contribution is -1.98.